The van der Waals surface area contributed by atoms with Crippen LogP contribution in [0.3, 0.4) is 0 Å². The molecule has 8 heteroatoms. The third-order valence-corrected chi connectivity index (χ3v) is 5.41. The molecule has 150 valence electrons. The summed E-state index contributed by atoms with van der Waals surface area (Å²) in [4.78, 5) is 29.9. The molecule has 0 atom stereocenters. The van der Waals surface area contributed by atoms with Gasteiger partial charge in [0, 0.05) is 51.6 Å². The molecule has 1 aliphatic heterocycles. The summed E-state index contributed by atoms with van der Waals surface area (Å²) in [5.74, 6) is -0.324. The van der Waals surface area contributed by atoms with Gasteiger partial charge in [-0.15, -0.1) is 11.3 Å². The number of thiophene rings is 1. The normalized spacial score (nSPS) is 14.5. The number of carbonyl (C=O) groups excluding carboxylic acids is 2. The van der Waals surface area contributed by atoms with Gasteiger partial charge >= 0.3 is 0 Å². The van der Waals surface area contributed by atoms with Crippen molar-refractivity contribution >= 4 is 34.5 Å². The number of hydrogen-bond acceptors (Lipinski definition) is 6. The zero-order valence-corrected chi connectivity index (χ0v) is 17.1. The van der Waals surface area contributed by atoms with Gasteiger partial charge in [0.2, 0.25) is 0 Å². The predicted molar refractivity (Wildman–Crippen MR) is 113 cm³/mol. The molecular formula is C20H26N4O3S. The molecule has 0 saturated carbocycles. The van der Waals surface area contributed by atoms with E-state index in [4.69, 9.17) is 4.74 Å². The molecule has 1 fully saturated rings. The molecule has 1 aromatic heterocycles. The summed E-state index contributed by atoms with van der Waals surface area (Å²) in [5.41, 5.74) is 1.94. The Labute approximate surface area is 169 Å². The van der Waals surface area contributed by atoms with Crippen LogP contribution in [0, 0.1) is 0 Å². The molecule has 1 saturated heterocycles. The Morgan fingerprint density at radius 3 is 2.64 bits per heavy atom. The van der Waals surface area contributed by atoms with Crippen molar-refractivity contribution in [2.75, 3.05) is 63.7 Å². The minimum absolute atomic E-state index is 0.149. The number of anilines is 2. The van der Waals surface area contributed by atoms with E-state index < -0.39 is 0 Å². The van der Waals surface area contributed by atoms with Gasteiger partial charge in [-0.3, -0.25) is 14.5 Å². The van der Waals surface area contributed by atoms with Gasteiger partial charge in [0.1, 0.15) is 0 Å². The van der Waals surface area contributed by atoms with Crippen molar-refractivity contribution in [2.24, 2.45) is 0 Å². The number of benzene rings is 1. The minimum Gasteiger partial charge on any atom is -0.379 e. The number of amides is 2. The van der Waals surface area contributed by atoms with Gasteiger partial charge in [-0.2, -0.15) is 0 Å². The van der Waals surface area contributed by atoms with Crippen LogP contribution in [0.25, 0.3) is 0 Å². The summed E-state index contributed by atoms with van der Waals surface area (Å²) in [6, 6.07) is 8.99. The van der Waals surface area contributed by atoms with Crippen LogP contribution < -0.4 is 15.5 Å². The van der Waals surface area contributed by atoms with Crippen LogP contribution in [0.2, 0.25) is 0 Å². The molecule has 2 amide bonds. The van der Waals surface area contributed by atoms with Crippen molar-refractivity contribution in [3.63, 3.8) is 0 Å². The number of carbonyl (C=O) groups is 2. The standard InChI is InChI=1S/C20H26N4O3S/c1-23(2)17-6-5-15(22-20(26)18-4-3-13-28-18)14-16(17)19(25)21-7-8-24-9-11-27-12-10-24/h3-6,13-14H,7-12H2,1-2H3,(H,21,25)(H,22,26). The number of ether oxygens (including phenoxy) is 1. The van der Waals surface area contributed by atoms with Crippen LogP contribution in [-0.2, 0) is 4.74 Å². The monoisotopic (exact) mass is 402 g/mol. The van der Waals surface area contributed by atoms with Crippen LogP contribution in [0.5, 0.6) is 0 Å². The van der Waals surface area contributed by atoms with Crippen molar-refractivity contribution < 1.29 is 14.3 Å². The molecule has 1 aromatic carbocycles. The van der Waals surface area contributed by atoms with Gasteiger partial charge in [-0.05, 0) is 29.6 Å². The maximum Gasteiger partial charge on any atom is 0.265 e. The average molecular weight is 403 g/mol. The Hall–Kier alpha value is -2.42. The van der Waals surface area contributed by atoms with E-state index in [0.717, 1.165) is 38.5 Å². The molecule has 2 N–H and O–H groups in total. The van der Waals surface area contributed by atoms with Crippen molar-refractivity contribution in [1.29, 1.82) is 0 Å². The Morgan fingerprint density at radius 1 is 1.18 bits per heavy atom. The highest BCUT2D eigenvalue weighted by molar-refractivity contribution is 7.12. The van der Waals surface area contributed by atoms with E-state index in [1.54, 1.807) is 12.1 Å². The number of morpholine rings is 1. The predicted octanol–water partition coefficient (Wildman–Crippen LogP) is 2.13. The molecule has 0 spiro atoms. The Balaban J connectivity index is 1.66. The SMILES string of the molecule is CN(C)c1ccc(NC(=O)c2cccs2)cc1C(=O)NCCN1CCOCC1. The zero-order chi connectivity index (χ0) is 19.9. The highest BCUT2D eigenvalue weighted by atomic mass is 32.1. The van der Waals surface area contributed by atoms with Crippen LogP contribution >= 0.6 is 11.3 Å². The van der Waals surface area contributed by atoms with E-state index in [-0.39, 0.29) is 11.8 Å². The fraction of sp³-hybridized carbons (Fsp3) is 0.400. The lowest BCUT2D eigenvalue weighted by molar-refractivity contribution is 0.0383. The van der Waals surface area contributed by atoms with Gasteiger partial charge in [0.15, 0.2) is 0 Å². The molecule has 7 nitrogen and oxygen atoms in total. The molecule has 28 heavy (non-hydrogen) atoms. The minimum atomic E-state index is -0.175. The number of rotatable bonds is 7. The van der Waals surface area contributed by atoms with E-state index >= 15 is 0 Å². The van der Waals surface area contributed by atoms with Gasteiger partial charge in [-0.25, -0.2) is 0 Å². The van der Waals surface area contributed by atoms with Crippen molar-refractivity contribution in [3.05, 3.63) is 46.2 Å². The molecule has 1 aliphatic rings. The molecule has 0 bridgehead atoms. The average Bonchev–Trinajstić information content (AvgIpc) is 3.23. The first kappa shape index (κ1) is 20.3. The smallest absolute Gasteiger partial charge is 0.265 e. The van der Waals surface area contributed by atoms with Gasteiger partial charge in [0.05, 0.1) is 23.7 Å². The van der Waals surface area contributed by atoms with E-state index in [9.17, 15) is 9.59 Å². The molecule has 2 heterocycles. The number of nitrogens with one attached hydrogen (secondary N) is 2. The maximum absolute atomic E-state index is 12.8. The van der Waals surface area contributed by atoms with Gasteiger partial charge in [0.25, 0.3) is 11.8 Å². The van der Waals surface area contributed by atoms with Crippen molar-refractivity contribution in [3.8, 4) is 0 Å². The summed E-state index contributed by atoms with van der Waals surface area (Å²) >= 11 is 1.38. The fourth-order valence-electron chi connectivity index (χ4n) is 3.03. The van der Waals surface area contributed by atoms with Crippen LogP contribution in [0.4, 0.5) is 11.4 Å². The van der Waals surface area contributed by atoms with Crippen molar-refractivity contribution in [1.82, 2.24) is 10.2 Å². The van der Waals surface area contributed by atoms with E-state index in [1.165, 1.54) is 11.3 Å². The quantitative estimate of drug-likeness (QED) is 0.742. The second-order valence-electron chi connectivity index (χ2n) is 6.77. The lowest BCUT2D eigenvalue weighted by Crippen LogP contribution is -2.41. The summed E-state index contributed by atoms with van der Waals surface area (Å²) in [6.45, 7) is 4.63. The number of hydrogen-bond donors (Lipinski definition) is 2. The Morgan fingerprint density at radius 2 is 1.96 bits per heavy atom. The summed E-state index contributed by atoms with van der Waals surface area (Å²) in [6.07, 6.45) is 0. The number of nitrogens with zero attached hydrogens (tertiary/aromatic N) is 2. The highest BCUT2D eigenvalue weighted by Gasteiger charge is 2.16. The van der Waals surface area contributed by atoms with E-state index in [2.05, 4.69) is 15.5 Å². The van der Waals surface area contributed by atoms with Crippen LogP contribution in [-0.4, -0.2) is 70.2 Å². The van der Waals surface area contributed by atoms with Crippen LogP contribution in [0.15, 0.2) is 35.7 Å². The maximum atomic E-state index is 12.8. The van der Waals surface area contributed by atoms with Crippen LogP contribution in [0.1, 0.15) is 20.0 Å². The molecular weight excluding hydrogens is 376 g/mol. The third kappa shape index (κ3) is 5.31. The fourth-order valence-corrected chi connectivity index (χ4v) is 3.65. The Kier molecular flexibility index (Phi) is 7.02. The first-order valence-corrected chi connectivity index (χ1v) is 10.2. The first-order valence-electron chi connectivity index (χ1n) is 9.29. The van der Waals surface area contributed by atoms with E-state index in [1.807, 2.05) is 42.6 Å². The van der Waals surface area contributed by atoms with Crippen molar-refractivity contribution in [2.45, 2.75) is 0 Å². The first-order chi connectivity index (χ1) is 13.5. The third-order valence-electron chi connectivity index (χ3n) is 4.54. The summed E-state index contributed by atoms with van der Waals surface area (Å²) in [7, 11) is 3.79. The summed E-state index contributed by atoms with van der Waals surface area (Å²) in [5, 5.41) is 7.71. The molecule has 0 unspecified atom stereocenters. The zero-order valence-electron chi connectivity index (χ0n) is 16.2. The van der Waals surface area contributed by atoms with Gasteiger partial charge < -0.3 is 20.3 Å². The Bertz CT molecular complexity index is 802. The second kappa shape index (κ2) is 9.68. The molecule has 0 aliphatic carbocycles. The second-order valence-corrected chi connectivity index (χ2v) is 7.72. The molecule has 3 rings (SSSR count). The largest absolute Gasteiger partial charge is 0.379 e. The summed E-state index contributed by atoms with van der Waals surface area (Å²) < 4.78 is 5.34. The molecule has 0 radical (unpaired) electrons. The lowest BCUT2D eigenvalue weighted by Gasteiger charge is -2.26. The lowest BCUT2D eigenvalue weighted by atomic mass is 10.1. The highest BCUT2D eigenvalue weighted by Crippen LogP contribution is 2.24. The topological polar surface area (TPSA) is 73.9 Å². The molecule has 2 aromatic rings. The van der Waals surface area contributed by atoms with Gasteiger partial charge in [-0.1, -0.05) is 6.07 Å². The van der Waals surface area contributed by atoms with E-state index in [0.29, 0.717) is 22.7 Å².